The zero-order chi connectivity index (χ0) is 70.9. The van der Waals surface area contributed by atoms with Gasteiger partial charge < -0.3 is 9.13 Å². The number of fused-ring (bicyclic) bond motifs is 23. The molecular formula is C98H58N8S2. The fourth-order valence-corrected chi connectivity index (χ4v) is 19.1. The smallest absolute Gasteiger partial charge is 0.160 e. The van der Waals surface area contributed by atoms with Crippen LogP contribution >= 0.6 is 22.7 Å². The van der Waals surface area contributed by atoms with Gasteiger partial charge in [-0.05, 0) is 165 Å². The third-order valence-corrected chi connectivity index (χ3v) is 23.8. The lowest BCUT2D eigenvalue weighted by atomic mass is 9.94. The van der Waals surface area contributed by atoms with E-state index in [1.807, 2.05) is 59.3 Å². The maximum absolute atomic E-state index is 5.33. The lowest BCUT2D eigenvalue weighted by molar-refractivity contribution is 1.18. The number of thiophene rings is 2. The van der Waals surface area contributed by atoms with E-state index in [4.69, 9.17) is 29.9 Å². The molecule has 0 saturated heterocycles. The van der Waals surface area contributed by atoms with E-state index in [0.29, 0.717) is 11.6 Å². The van der Waals surface area contributed by atoms with E-state index in [1.54, 1.807) is 0 Å². The second-order valence-corrected chi connectivity index (χ2v) is 29.7. The summed E-state index contributed by atoms with van der Waals surface area (Å²) in [7, 11) is 0. The predicted molar refractivity (Wildman–Crippen MR) is 454 cm³/mol. The average Bonchev–Trinajstić information content (AvgIpc) is 1.53. The molecule has 0 bridgehead atoms. The van der Waals surface area contributed by atoms with Crippen LogP contribution in [0.4, 0.5) is 0 Å². The van der Waals surface area contributed by atoms with Crippen molar-refractivity contribution >= 4 is 161 Å². The number of hydrogen-bond donors (Lipinski definition) is 0. The van der Waals surface area contributed by atoms with Gasteiger partial charge in [0.05, 0.1) is 33.1 Å². The van der Waals surface area contributed by atoms with Crippen molar-refractivity contribution in [1.82, 2.24) is 39.0 Å². The first-order chi connectivity index (χ1) is 53.6. The molecule has 10 heteroatoms. The molecule has 108 heavy (non-hydrogen) atoms. The maximum Gasteiger partial charge on any atom is 0.160 e. The molecule has 0 saturated carbocycles. The van der Waals surface area contributed by atoms with Crippen LogP contribution in [-0.4, -0.2) is 39.0 Å². The lowest BCUT2D eigenvalue weighted by Gasteiger charge is -2.14. The molecule has 502 valence electrons. The Morgan fingerprint density at radius 1 is 0.241 bits per heavy atom. The van der Waals surface area contributed by atoms with Gasteiger partial charge in [-0.25, -0.2) is 19.9 Å². The van der Waals surface area contributed by atoms with E-state index >= 15 is 0 Å². The third-order valence-electron chi connectivity index (χ3n) is 21.4. The van der Waals surface area contributed by atoms with Crippen molar-refractivity contribution in [3.05, 3.63) is 352 Å². The van der Waals surface area contributed by atoms with Crippen LogP contribution in [0.1, 0.15) is 0 Å². The number of nitrogens with zero attached hydrogens (tertiary/aromatic N) is 8. The molecule has 0 aliphatic rings. The highest BCUT2D eigenvalue weighted by Gasteiger charge is 2.26. The summed E-state index contributed by atoms with van der Waals surface area (Å²) in [6, 6.07) is 121. The monoisotopic (exact) mass is 1410 g/mol. The Labute approximate surface area is 626 Å². The Hall–Kier alpha value is -13.9. The molecule has 8 aromatic heterocycles. The Morgan fingerprint density at radius 3 is 1.12 bits per heavy atom. The number of para-hydroxylation sites is 2. The zero-order valence-corrected chi connectivity index (χ0v) is 59.5. The van der Waals surface area contributed by atoms with Gasteiger partial charge in [0.1, 0.15) is 22.4 Å². The Morgan fingerprint density at radius 2 is 0.630 bits per heavy atom. The van der Waals surface area contributed by atoms with Crippen LogP contribution in [0, 0.1) is 0 Å². The van der Waals surface area contributed by atoms with Gasteiger partial charge in [0.2, 0.25) is 0 Å². The highest BCUT2D eigenvalue weighted by atomic mass is 32.1. The zero-order valence-electron chi connectivity index (χ0n) is 57.9. The van der Waals surface area contributed by atoms with Gasteiger partial charge in [0, 0.05) is 119 Å². The maximum atomic E-state index is 5.33. The summed E-state index contributed by atoms with van der Waals surface area (Å²) in [6.07, 6.45) is 3.64. The molecule has 0 radical (unpaired) electrons. The SMILES string of the molecule is c1ccc(-c2cc(-c3ccccc3)cc(-c3nc(-c4ccc(-n5c6ccccc6c6c7ccccc7c7sc8ccccc8c7c65)cc4)nc4cccnc34)c2)cc1.c1ccc2cc(-c3nc(-c4ccc(-n5c6ccccc6c6c7ccccc7c7sc8ccccc8c7c65)cc4)nc4cccnc34)ccc2c1. The van der Waals surface area contributed by atoms with Gasteiger partial charge in [-0.2, -0.15) is 0 Å². The minimum Gasteiger partial charge on any atom is -0.309 e. The normalized spacial score (nSPS) is 11.9. The van der Waals surface area contributed by atoms with Gasteiger partial charge in [-0.1, -0.05) is 218 Å². The van der Waals surface area contributed by atoms with Crippen LogP contribution < -0.4 is 0 Å². The number of benzene rings is 15. The molecule has 0 N–H and O–H groups in total. The van der Waals surface area contributed by atoms with Crippen molar-refractivity contribution in [2.45, 2.75) is 0 Å². The molecule has 8 nitrogen and oxygen atoms in total. The topological polar surface area (TPSA) is 87.2 Å². The summed E-state index contributed by atoms with van der Waals surface area (Å²) in [4.78, 5) is 30.2. The molecule has 23 rings (SSSR count). The largest absolute Gasteiger partial charge is 0.309 e. The molecule has 0 unspecified atom stereocenters. The first-order valence-electron chi connectivity index (χ1n) is 36.3. The van der Waals surface area contributed by atoms with Gasteiger partial charge in [-0.15, -0.1) is 22.7 Å². The fraction of sp³-hybridized carbons (Fsp3) is 0. The van der Waals surface area contributed by atoms with Crippen molar-refractivity contribution < 1.29 is 0 Å². The molecule has 0 spiro atoms. The van der Waals surface area contributed by atoms with E-state index in [9.17, 15) is 0 Å². The highest BCUT2D eigenvalue weighted by molar-refractivity contribution is 7.27. The van der Waals surface area contributed by atoms with E-state index in [1.165, 1.54) is 116 Å². The minimum atomic E-state index is 0.660. The van der Waals surface area contributed by atoms with Crippen molar-refractivity contribution in [3.8, 4) is 78.9 Å². The summed E-state index contributed by atoms with van der Waals surface area (Å²) < 4.78 is 10.2. The number of rotatable bonds is 8. The third kappa shape index (κ3) is 9.88. The molecule has 0 aliphatic carbocycles. The molecule has 23 aromatic rings. The molecular weight excluding hydrogens is 1350 g/mol. The van der Waals surface area contributed by atoms with Gasteiger partial charge in [0.15, 0.2) is 11.6 Å². The minimum absolute atomic E-state index is 0.660. The van der Waals surface area contributed by atoms with Crippen molar-refractivity contribution in [2.24, 2.45) is 0 Å². The number of hydrogen-bond acceptors (Lipinski definition) is 8. The lowest BCUT2D eigenvalue weighted by Crippen LogP contribution is -1.98. The first-order valence-corrected chi connectivity index (χ1v) is 37.9. The average molecular weight is 1410 g/mol. The number of aromatic nitrogens is 8. The van der Waals surface area contributed by atoms with Crippen LogP contribution in [0.15, 0.2) is 352 Å². The van der Waals surface area contributed by atoms with Crippen molar-refractivity contribution in [3.63, 3.8) is 0 Å². The summed E-state index contributed by atoms with van der Waals surface area (Å²) in [5, 5.41) is 17.8. The van der Waals surface area contributed by atoms with E-state index in [0.717, 1.165) is 89.3 Å². The molecule has 15 aromatic carbocycles. The highest BCUT2D eigenvalue weighted by Crippen LogP contribution is 2.51. The Bertz CT molecular complexity index is 7550. The van der Waals surface area contributed by atoms with Gasteiger partial charge in [0.25, 0.3) is 0 Å². The summed E-state index contributed by atoms with van der Waals surface area (Å²) >= 11 is 3.77. The second kappa shape index (κ2) is 24.9. The summed E-state index contributed by atoms with van der Waals surface area (Å²) in [5.41, 5.74) is 20.3. The van der Waals surface area contributed by atoms with Crippen molar-refractivity contribution in [1.29, 1.82) is 0 Å². The van der Waals surface area contributed by atoms with Crippen LogP contribution in [0.3, 0.4) is 0 Å². The summed E-state index contributed by atoms with van der Waals surface area (Å²) in [6.45, 7) is 0. The standard InChI is InChI=1S/C53H32N4S.C45H26N4S/c1-3-14-33(15-4-1)36-30-37(34-16-5-2-6-17-34)32-38(31-36)49-50-44(22-13-29-54-50)55-53(56-49)35-25-27-39(28-26-35)57-45-23-11-9-20-42(45)47-40-18-7-8-19-41(40)52-48(51(47)57)43-21-10-12-24-46(43)58-52;1-2-11-29-26-30(20-19-27(29)10-1)41-42-36(16-9-25-46-42)47-45(48-41)28-21-23-31(24-22-28)49-37-17-7-5-14-34(37)39-32-12-3-4-13-33(32)44-40(43(39)49)35-15-6-8-18-38(35)50-44/h1-32H;1-26H. The molecule has 0 atom stereocenters. The quantitative estimate of drug-likeness (QED) is 0.151. The molecule has 0 aliphatic heterocycles. The van der Waals surface area contributed by atoms with E-state index < -0.39 is 0 Å². The number of pyridine rings is 2. The van der Waals surface area contributed by atoms with Crippen LogP contribution in [0.5, 0.6) is 0 Å². The Balaban J connectivity index is 0.000000135. The van der Waals surface area contributed by atoms with Crippen LogP contribution in [-0.2, 0) is 0 Å². The fourth-order valence-electron chi connectivity index (χ4n) is 16.6. The molecule has 8 heterocycles. The van der Waals surface area contributed by atoms with Crippen LogP contribution in [0.25, 0.3) is 217 Å². The summed E-state index contributed by atoms with van der Waals surface area (Å²) in [5.74, 6) is 1.34. The van der Waals surface area contributed by atoms with E-state index in [-0.39, 0.29) is 0 Å². The van der Waals surface area contributed by atoms with Crippen LogP contribution in [0.2, 0.25) is 0 Å². The Kier molecular flexibility index (Phi) is 14.2. The van der Waals surface area contributed by atoms with Gasteiger partial charge in [-0.3, -0.25) is 9.97 Å². The second-order valence-electron chi connectivity index (χ2n) is 27.6. The molecule has 0 fully saturated rings. The predicted octanol–water partition coefficient (Wildman–Crippen LogP) is 26.4. The van der Waals surface area contributed by atoms with Gasteiger partial charge >= 0.3 is 0 Å². The first kappa shape index (κ1) is 61.6. The van der Waals surface area contributed by atoms with Crippen molar-refractivity contribution in [2.75, 3.05) is 0 Å². The molecule has 0 amide bonds. The van der Waals surface area contributed by atoms with E-state index in [2.05, 4.69) is 325 Å².